The van der Waals surface area contributed by atoms with Crippen LogP contribution < -0.4 is 0 Å². The van der Waals surface area contributed by atoms with E-state index in [1.54, 1.807) is 24.8 Å². The zero-order chi connectivity index (χ0) is 8.49. The van der Waals surface area contributed by atoms with Crippen LogP contribution in [0, 0.1) is 0 Å². The van der Waals surface area contributed by atoms with Gasteiger partial charge in [0, 0.05) is 24.8 Å². The van der Waals surface area contributed by atoms with E-state index in [-0.39, 0.29) is 13.5 Å². The Bertz CT molecular complexity index is 188. The van der Waals surface area contributed by atoms with E-state index in [1.807, 2.05) is 36.4 Å². The summed E-state index contributed by atoms with van der Waals surface area (Å²) in [4.78, 5) is 7.57. The first-order valence-corrected chi connectivity index (χ1v) is 3.70. The molecule has 2 heterocycles. The fraction of sp³-hybridized carbons (Fsp3) is 0. The summed E-state index contributed by atoms with van der Waals surface area (Å²) in [5.41, 5.74) is 0. The van der Waals surface area contributed by atoms with Gasteiger partial charge in [-0.05, 0) is 24.3 Å². The van der Waals surface area contributed by atoms with Crippen molar-refractivity contribution in [3.8, 4) is 0 Å². The highest BCUT2D eigenvalue weighted by molar-refractivity contribution is 7.59. The molecule has 2 nitrogen and oxygen atoms in total. The fourth-order valence-corrected chi connectivity index (χ4v) is 0.625. The molecule has 13 heavy (non-hydrogen) atoms. The van der Waals surface area contributed by atoms with Gasteiger partial charge < -0.3 is 0 Å². The second-order valence-electron chi connectivity index (χ2n) is 2.05. The summed E-state index contributed by atoms with van der Waals surface area (Å²) in [6.07, 6.45) is 7.00. The van der Waals surface area contributed by atoms with E-state index >= 15 is 0 Å². The number of nitrogens with zero attached hydrogens (tertiary/aromatic N) is 2. The van der Waals surface area contributed by atoms with Crippen molar-refractivity contribution in [3.63, 3.8) is 0 Å². The summed E-state index contributed by atoms with van der Waals surface area (Å²) in [6.45, 7) is 0. The third-order valence-electron chi connectivity index (χ3n) is 1.13. The lowest BCUT2D eigenvalue weighted by Gasteiger charge is -1.70. The van der Waals surface area contributed by atoms with E-state index in [0.717, 1.165) is 0 Å². The molecule has 0 spiro atoms. The maximum atomic E-state index is 3.78. The van der Waals surface area contributed by atoms with Gasteiger partial charge in [-0.1, -0.05) is 12.1 Å². The molecular formula is C10H12N2S. The lowest BCUT2D eigenvalue weighted by atomic mass is 10.5. The molecule has 68 valence electrons. The molecule has 0 aromatic carbocycles. The molecule has 0 saturated carbocycles. The van der Waals surface area contributed by atoms with Crippen LogP contribution in [0.2, 0.25) is 0 Å². The zero-order valence-electron chi connectivity index (χ0n) is 7.17. The first-order valence-electron chi connectivity index (χ1n) is 3.70. The Morgan fingerprint density at radius 1 is 0.462 bits per heavy atom. The van der Waals surface area contributed by atoms with Gasteiger partial charge in [-0.25, -0.2) is 0 Å². The molecule has 0 atom stereocenters. The Labute approximate surface area is 85.1 Å². The molecule has 0 bridgehead atoms. The van der Waals surface area contributed by atoms with E-state index in [1.165, 1.54) is 0 Å². The molecule has 2 rings (SSSR count). The van der Waals surface area contributed by atoms with E-state index in [2.05, 4.69) is 9.97 Å². The smallest absolute Gasteiger partial charge is 0.0267 e. The minimum absolute atomic E-state index is 0. The summed E-state index contributed by atoms with van der Waals surface area (Å²) >= 11 is 0. The third kappa shape index (κ3) is 7.03. The molecule has 2 aromatic heterocycles. The van der Waals surface area contributed by atoms with Crippen molar-refractivity contribution in [2.45, 2.75) is 0 Å². The van der Waals surface area contributed by atoms with E-state index in [9.17, 15) is 0 Å². The predicted molar refractivity (Wildman–Crippen MR) is 58.9 cm³/mol. The molecule has 0 aliphatic rings. The SMILES string of the molecule is S.c1ccncc1.c1ccncc1. The highest BCUT2D eigenvalue weighted by Crippen LogP contribution is 1.74. The van der Waals surface area contributed by atoms with Gasteiger partial charge in [-0.3, -0.25) is 9.97 Å². The molecule has 0 fully saturated rings. The van der Waals surface area contributed by atoms with Crippen LogP contribution in [0.3, 0.4) is 0 Å². The number of aromatic nitrogens is 2. The maximum Gasteiger partial charge on any atom is 0.0267 e. The lowest BCUT2D eigenvalue weighted by Crippen LogP contribution is -1.58. The Hall–Kier alpha value is -1.35. The highest BCUT2D eigenvalue weighted by atomic mass is 32.1. The first kappa shape index (κ1) is 11.6. The predicted octanol–water partition coefficient (Wildman–Crippen LogP) is 2.28. The average molecular weight is 192 g/mol. The Morgan fingerprint density at radius 3 is 0.846 bits per heavy atom. The Morgan fingerprint density at radius 2 is 0.769 bits per heavy atom. The second kappa shape index (κ2) is 8.74. The van der Waals surface area contributed by atoms with E-state index < -0.39 is 0 Å². The Kier molecular flexibility index (Phi) is 7.84. The van der Waals surface area contributed by atoms with Crippen molar-refractivity contribution in [2.24, 2.45) is 0 Å². The van der Waals surface area contributed by atoms with Gasteiger partial charge in [0.05, 0.1) is 0 Å². The monoisotopic (exact) mass is 192 g/mol. The first-order chi connectivity index (χ1) is 6.00. The largest absolute Gasteiger partial charge is 0.265 e. The summed E-state index contributed by atoms with van der Waals surface area (Å²) in [5.74, 6) is 0. The molecule has 0 aliphatic carbocycles. The van der Waals surface area contributed by atoms with Crippen molar-refractivity contribution in [1.82, 2.24) is 9.97 Å². The summed E-state index contributed by atoms with van der Waals surface area (Å²) in [7, 11) is 0. The average Bonchev–Trinajstić information content (AvgIpc) is 2.24. The van der Waals surface area contributed by atoms with Crippen molar-refractivity contribution in [2.75, 3.05) is 0 Å². The lowest BCUT2D eigenvalue weighted by molar-refractivity contribution is 1.33. The molecule has 0 saturated heterocycles. The fourth-order valence-electron chi connectivity index (χ4n) is 0.625. The number of rotatable bonds is 0. The van der Waals surface area contributed by atoms with Crippen LogP contribution in [0.1, 0.15) is 0 Å². The topological polar surface area (TPSA) is 25.8 Å². The minimum Gasteiger partial charge on any atom is -0.265 e. The van der Waals surface area contributed by atoms with Gasteiger partial charge in [-0.2, -0.15) is 13.5 Å². The van der Waals surface area contributed by atoms with E-state index in [0.29, 0.717) is 0 Å². The highest BCUT2D eigenvalue weighted by Gasteiger charge is 1.59. The summed E-state index contributed by atoms with van der Waals surface area (Å²) < 4.78 is 0. The molecule has 0 N–H and O–H groups in total. The van der Waals surface area contributed by atoms with Crippen molar-refractivity contribution < 1.29 is 0 Å². The quantitative estimate of drug-likeness (QED) is 0.640. The van der Waals surface area contributed by atoms with Gasteiger partial charge in [0.15, 0.2) is 0 Å². The van der Waals surface area contributed by atoms with Gasteiger partial charge >= 0.3 is 0 Å². The molecule has 0 aliphatic heterocycles. The third-order valence-corrected chi connectivity index (χ3v) is 1.13. The second-order valence-corrected chi connectivity index (χ2v) is 2.05. The molecular weight excluding hydrogens is 180 g/mol. The van der Waals surface area contributed by atoms with Crippen molar-refractivity contribution >= 4 is 13.5 Å². The maximum absolute atomic E-state index is 3.78. The molecule has 2 aromatic rings. The Balaban J connectivity index is 0.000000206. The zero-order valence-corrected chi connectivity index (χ0v) is 8.17. The summed E-state index contributed by atoms with van der Waals surface area (Å²) in [5, 5.41) is 0. The molecule has 3 heteroatoms. The van der Waals surface area contributed by atoms with Gasteiger partial charge in [0.25, 0.3) is 0 Å². The van der Waals surface area contributed by atoms with Crippen LogP contribution in [0.5, 0.6) is 0 Å². The van der Waals surface area contributed by atoms with E-state index in [4.69, 9.17) is 0 Å². The standard InChI is InChI=1S/2C5H5N.H2S/c2*1-2-4-6-5-3-1;/h2*1-5H;1H2. The molecule has 0 radical (unpaired) electrons. The van der Waals surface area contributed by atoms with Gasteiger partial charge in [-0.15, -0.1) is 0 Å². The van der Waals surface area contributed by atoms with Crippen LogP contribution in [0.25, 0.3) is 0 Å². The summed E-state index contributed by atoms with van der Waals surface area (Å²) in [6, 6.07) is 11.4. The molecule has 0 amide bonds. The minimum atomic E-state index is 0. The van der Waals surface area contributed by atoms with Crippen LogP contribution in [-0.2, 0) is 0 Å². The van der Waals surface area contributed by atoms with Gasteiger partial charge in [0.1, 0.15) is 0 Å². The van der Waals surface area contributed by atoms with Crippen molar-refractivity contribution in [1.29, 1.82) is 0 Å². The number of hydrogen-bond donors (Lipinski definition) is 0. The number of hydrogen-bond acceptors (Lipinski definition) is 2. The van der Waals surface area contributed by atoms with Crippen LogP contribution in [0.4, 0.5) is 0 Å². The van der Waals surface area contributed by atoms with Crippen LogP contribution in [-0.4, -0.2) is 9.97 Å². The number of pyridine rings is 2. The van der Waals surface area contributed by atoms with Gasteiger partial charge in [0.2, 0.25) is 0 Å². The molecule has 0 unspecified atom stereocenters. The van der Waals surface area contributed by atoms with Crippen molar-refractivity contribution in [3.05, 3.63) is 61.2 Å². The van der Waals surface area contributed by atoms with Crippen LogP contribution >= 0.6 is 13.5 Å². The van der Waals surface area contributed by atoms with Crippen LogP contribution in [0.15, 0.2) is 61.2 Å². The normalized spacial score (nSPS) is 7.38.